The number of anilines is 1. The molecule has 2 aromatic rings. The number of thioether (sulfide) groups is 1. The summed E-state index contributed by atoms with van der Waals surface area (Å²) in [5.41, 5.74) is 1.32. The van der Waals surface area contributed by atoms with Crippen molar-refractivity contribution < 1.29 is 14.0 Å². The second kappa shape index (κ2) is 7.89. The van der Waals surface area contributed by atoms with Crippen LogP contribution in [0.15, 0.2) is 39.9 Å². The largest absolute Gasteiger partial charge is 0.294 e. The molecule has 1 aromatic heterocycles. The van der Waals surface area contributed by atoms with Gasteiger partial charge in [0, 0.05) is 35.3 Å². The van der Waals surface area contributed by atoms with Crippen molar-refractivity contribution in [1.82, 2.24) is 10.2 Å². The van der Waals surface area contributed by atoms with Crippen molar-refractivity contribution >= 4 is 39.9 Å². The van der Waals surface area contributed by atoms with E-state index in [1.165, 1.54) is 17.4 Å². The molecule has 1 unspecified atom stereocenters. The quantitative estimate of drug-likeness (QED) is 0.469. The predicted octanol–water partition coefficient (Wildman–Crippen LogP) is 5.34. The molecule has 1 aliphatic carbocycles. The zero-order chi connectivity index (χ0) is 21.6. The Labute approximate surface area is 183 Å². The third-order valence-corrected chi connectivity index (χ3v) is 7.34. The maximum absolute atomic E-state index is 14.6. The molecule has 0 N–H and O–H groups in total. The number of hydrogen-bond donors (Lipinski definition) is 0. The van der Waals surface area contributed by atoms with E-state index in [4.69, 9.17) is 0 Å². The predicted molar refractivity (Wildman–Crippen MR) is 117 cm³/mol. The molecule has 0 saturated carbocycles. The maximum atomic E-state index is 14.6. The summed E-state index contributed by atoms with van der Waals surface area (Å²) in [6.07, 6.45) is 0.971. The molecule has 1 aliphatic heterocycles. The SMILES string of the molecule is CC(C)Sc1nnc(N2C(=O)CC(c3ccccc3F)C3=C2CC(C)(C)CC3=O)s1. The summed E-state index contributed by atoms with van der Waals surface area (Å²) in [6, 6.07) is 6.41. The van der Waals surface area contributed by atoms with Gasteiger partial charge in [0.15, 0.2) is 10.1 Å². The zero-order valence-electron chi connectivity index (χ0n) is 17.4. The molecule has 1 amide bonds. The van der Waals surface area contributed by atoms with Crippen LogP contribution in [0, 0.1) is 11.2 Å². The lowest BCUT2D eigenvalue weighted by molar-refractivity contribution is -0.121. The second-order valence-corrected chi connectivity index (χ2v) is 11.6. The number of ketones is 1. The minimum absolute atomic E-state index is 0.0201. The average Bonchev–Trinajstić information content (AvgIpc) is 3.07. The number of rotatable bonds is 4. The van der Waals surface area contributed by atoms with E-state index in [1.54, 1.807) is 34.9 Å². The average molecular weight is 446 g/mol. The minimum atomic E-state index is -0.564. The molecule has 1 atom stereocenters. The van der Waals surface area contributed by atoms with E-state index in [-0.39, 0.29) is 29.3 Å². The number of carbonyl (C=O) groups is 2. The molecule has 1 aromatic carbocycles. The Morgan fingerprint density at radius 3 is 2.63 bits per heavy atom. The summed E-state index contributed by atoms with van der Waals surface area (Å²) in [6.45, 7) is 8.17. The Morgan fingerprint density at radius 2 is 1.93 bits per heavy atom. The number of amides is 1. The first-order valence-corrected chi connectivity index (χ1v) is 11.7. The van der Waals surface area contributed by atoms with E-state index in [0.717, 1.165) is 4.34 Å². The first kappa shape index (κ1) is 21.2. The molecule has 0 radical (unpaired) electrons. The molecule has 2 heterocycles. The lowest BCUT2D eigenvalue weighted by Gasteiger charge is -2.41. The number of halogens is 1. The number of allylic oxidation sites excluding steroid dienone is 2. The molecule has 2 aliphatic rings. The first-order valence-electron chi connectivity index (χ1n) is 10.00. The van der Waals surface area contributed by atoms with Crippen LogP contribution in [0.2, 0.25) is 0 Å². The summed E-state index contributed by atoms with van der Waals surface area (Å²) >= 11 is 2.94. The number of benzene rings is 1. The molecule has 0 bridgehead atoms. The van der Waals surface area contributed by atoms with Crippen LogP contribution < -0.4 is 4.90 Å². The Morgan fingerprint density at radius 1 is 1.20 bits per heavy atom. The van der Waals surface area contributed by atoms with Gasteiger partial charge in [-0.1, -0.05) is 69.0 Å². The molecule has 4 rings (SSSR count). The van der Waals surface area contributed by atoms with Crippen LogP contribution in [0.25, 0.3) is 0 Å². The van der Waals surface area contributed by atoms with Crippen molar-refractivity contribution in [2.75, 3.05) is 4.90 Å². The number of nitrogens with zero attached hydrogens (tertiary/aromatic N) is 3. The number of aromatic nitrogens is 2. The van der Waals surface area contributed by atoms with Crippen molar-refractivity contribution in [2.24, 2.45) is 5.41 Å². The van der Waals surface area contributed by atoms with Gasteiger partial charge in [-0.15, -0.1) is 10.2 Å². The lowest BCUT2D eigenvalue weighted by Crippen LogP contribution is -2.43. The van der Waals surface area contributed by atoms with Crippen LogP contribution in [-0.4, -0.2) is 27.1 Å². The molecule has 30 heavy (non-hydrogen) atoms. The van der Waals surface area contributed by atoms with E-state index in [1.807, 2.05) is 13.8 Å². The molecule has 0 saturated heterocycles. The third-order valence-electron chi connectivity index (χ3n) is 5.35. The second-order valence-electron chi connectivity index (χ2n) is 8.83. The van der Waals surface area contributed by atoms with Crippen LogP contribution in [0.1, 0.15) is 58.4 Å². The monoisotopic (exact) mass is 445 g/mol. The summed E-state index contributed by atoms with van der Waals surface area (Å²) in [5, 5.41) is 9.30. The Bertz CT molecular complexity index is 1040. The van der Waals surface area contributed by atoms with E-state index < -0.39 is 5.92 Å². The van der Waals surface area contributed by atoms with Gasteiger partial charge < -0.3 is 0 Å². The van der Waals surface area contributed by atoms with Crippen molar-refractivity contribution in [3.05, 3.63) is 46.9 Å². The Balaban J connectivity index is 1.84. The fraction of sp³-hybridized carbons (Fsp3) is 0.455. The van der Waals surface area contributed by atoms with Gasteiger partial charge in [0.25, 0.3) is 0 Å². The van der Waals surface area contributed by atoms with Crippen LogP contribution in [0.4, 0.5) is 9.52 Å². The van der Waals surface area contributed by atoms with Crippen molar-refractivity contribution in [1.29, 1.82) is 0 Å². The number of hydrogen-bond acceptors (Lipinski definition) is 6. The highest BCUT2D eigenvalue weighted by Crippen LogP contribution is 2.49. The molecule has 5 nitrogen and oxygen atoms in total. The van der Waals surface area contributed by atoms with E-state index in [9.17, 15) is 14.0 Å². The van der Waals surface area contributed by atoms with E-state index >= 15 is 0 Å². The van der Waals surface area contributed by atoms with E-state index in [2.05, 4.69) is 24.0 Å². The smallest absolute Gasteiger partial charge is 0.234 e. The molecule has 0 fully saturated rings. The fourth-order valence-corrected chi connectivity index (χ4v) is 6.31. The minimum Gasteiger partial charge on any atom is -0.294 e. The Kier molecular flexibility index (Phi) is 5.57. The van der Waals surface area contributed by atoms with Gasteiger partial charge in [0.1, 0.15) is 5.82 Å². The normalized spacial score (nSPS) is 21.4. The van der Waals surface area contributed by atoms with Gasteiger partial charge in [0.2, 0.25) is 11.0 Å². The molecule has 0 spiro atoms. The summed E-state index contributed by atoms with van der Waals surface area (Å²) < 4.78 is 15.4. The van der Waals surface area contributed by atoms with Crippen LogP contribution in [0.3, 0.4) is 0 Å². The van der Waals surface area contributed by atoms with Gasteiger partial charge in [-0.3, -0.25) is 14.5 Å². The van der Waals surface area contributed by atoms with Crippen molar-refractivity contribution in [2.45, 2.75) is 62.5 Å². The van der Waals surface area contributed by atoms with Gasteiger partial charge in [-0.2, -0.15) is 0 Å². The highest BCUT2D eigenvalue weighted by molar-refractivity contribution is 8.01. The zero-order valence-corrected chi connectivity index (χ0v) is 19.1. The van der Waals surface area contributed by atoms with Gasteiger partial charge in [-0.25, -0.2) is 4.39 Å². The van der Waals surface area contributed by atoms with Crippen molar-refractivity contribution in [3.63, 3.8) is 0 Å². The highest BCUT2D eigenvalue weighted by Gasteiger charge is 2.45. The standard InChI is InChI=1S/C22H24FN3O2S2/c1-12(2)29-21-25-24-20(30-21)26-16-10-22(3,4)11-17(27)19(16)14(9-18(26)28)13-7-5-6-8-15(13)23/h5-8,12,14H,9-11H2,1-4H3. The highest BCUT2D eigenvalue weighted by atomic mass is 32.2. The van der Waals surface area contributed by atoms with Crippen LogP contribution in [-0.2, 0) is 9.59 Å². The number of Topliss-reactive ketones (excluding diaryl/α,β-unsaturated/α-hetero) is 1. The van der Waals surface area contributed by atoms with Crippen LogP contribution in [0.5, 0.6) is 0 Å². The molecular weight excluding hydrogens is 421 g/mol. The summed E-state index contributed by atoms with van der Waals surface area (Å²) in [5.74, 6) is -1.15. The lowest BCUT2D eigenvalue weighted by atomic mass is 9.69. The van der Waals surface area contributed by atoms with Gasteiger partial charge in [0.05, 0.1) is 0 Å². The van der Waals surface area contributed by atoms with Gasteiger partial charge >= 0.3 is 0 Å². The number of carbonyl (C=O) groups excluding carboxylic acids is 2. The van der Waals surface area contributed by atoms with Crippen LogP contribution >= 0.6 is 23.1 Å². The molecular formula is C22H24FN3O2S2. The molecule has 158 valence electrons. The Hall–Kier alpha value is -2.06. The maximum Gasteiger partial charge on any atom is 0.234 e. The topological polar surface area (TPSA) is 63.2 Å². The first-order chi connectivity index (χ1) is 14.2. The molecule has 8 heteroatoms. The summed E-state index contributed by atoms with van der Waals surface area (Å²) in [4.78, 5) is 28.1. The van der Waals surface area contributed by atoms with Gasteiger partial charge in [-0.05, 0) is 23.5 Å². The van der Waals surface area contributed by atoms with Crippen molar-refractivity contribution in [3.8, 4) is 0 Å². The third kappa shape index (κ3) is 3.95. The van der Waals surface area contributed by atoms with E-state index in [0.29, 0.717) is 40.1 Å². The summed E-state index contributed by atoms with van der Waals surface area (Å²) in [7, 11) is 0. The fourth-order valence-electron chi connectivity index (χ4n) is 4.20.